The molecule has 0 aliphatic carbocycles. The lowest BCUT2D eigenvalue weighted by Gasteiger charge is -2.18. The molecular weight excluding hydrogens is 318 g/mol. The van der Waals surface area contributed by atoms with Crippen molar-refractivity contribution < 1.29 is 9.32 Å². The standard InChI is InChI=1S/C18H29N5O2/c1-7-14-13(16(9-3)25-22-14)10-19-18(24)20-15(8-2)17-11(4)21-23(6)12(17)5/h15H,7-10H2,1-6H3,(H2,19,20,24). The third kappa shape index (κ3) is 4.03. The molecule has 7 heteroatoms. The number of rotatable bonds is 7. The van der Waals surface area contributed by atoms with Gasteiger partial charge in [-0.1, -0.05) is 25.9 Å². The zero-order chi connectivity index (χ0) is 18.6. The van der Waals surface area contributed by atoms with Gasteiger partial charge in [0.1, 0.15) is 5.76 Å². The van der Waals surface area contributed by atoms with Crippen LogP contribution in [0.25, 0.3) is 0 Å². The van der Waals surface area contributed by atoms with Gasteiger partial charge in [-0.15, -0.1) is 0 Å². The maximum Gasteiger partial charge on any atom is 0.315 e. The monoisotopic (exact) mass is 347 g/mol. The highest BCUT2D eigenvalue weighted by molar-refractivity contribution is 5.74. The predicted molar refractivity (Wildman–Crippen MR) is 96.3 cm³/mol. The maximum absolute atomic E-state index is 12.4. The van der Waals surface area contributed by atoms with Gasteiger partial charge in [0.25, 0.3) is 0 Å². The van der Waals surface area contributed by atoms with Crippen molar-refractivity contribution in [2.75, 3.05) is 0 Å². The van der Waals surface area contributed by atoms with Gasteiger partial charge in [0, 0.05) is 36.8 Å². The molecule has 2 heterocycles. The number of nitrogens with one attached hydrogen (secondary N) is 2. The Balaban J connectivity index is 2.05. The first-order chi connectivity index (χ1) is 11.9. The van der Waals surface area contributed by atoms with Crippen LogP contribution in [0.4, 0.5) is 4.79 Å². The van der Waals surface area contributed by atoms with Crippen molar-refractivity contribution in [2.24, 2.45) is 7.05 Å². The van der Waals surface area contributed by atoms with Crippen LogP contribution in [0, 0.1) is 13.8 Å². The smallest absolute Gasteiger partial charge is 0.315 e. The van der Waals surface area contributed by atoms with E-state index in [0.29, 0.717) is 6.54 Å². The van der Waals surface area contributed by atoms with Crippen molar-refractivity contribution in [3.05, 3.63) is 34.0 Å². The van der Waals surface area contributed by atoms with Gasteiger partial charge < -0.3 is 15.2 Å². The van der Waals surface area contributed by atoms with Gasteiger partial charge >= 0.3 is 6.03 Å². The Kier molecular flexibility index (Phi) is 6.22. The van der Waals surface area contributed by atoms with Crippen molar-refractivity contribution >= 4 is 6.03 Å². The van der Waals surface area contributed by atoms with E-state index in [1.165, 1.54) is 0 Å². The van der Waals surface area contributed by atoms with Crippen molar-refractivity contribution in [1.82, 2.24) is 25.6 Å². The third-order valence-electron chi connectivity index (χ3n) is 4.66. The Morgan fingerprint density at radius 1 is 1.24 bits per heavy atom. The van der Waals surface area contributed by atoms with Gasteiger partial charge in [0.05, 0.1) is 17.4 Å². The zero-order valence-electron chi connectivity index (χ0n) is 16.1. The van der Waals surface area contributed by atoms with E-state index in [1.807, 2.05) is 39.4 Å². The highest BCUT2D eigenvalue weighted by atomic mass is 16.5. The first kappa shape index (κ1) is 19.0. The van der Waals surface area contributed by atoms with Crippen molar-refractivity contribution in [3.8, 4) is 0 Å². The normalized spacial score (nSPS) is 12.2. The fourth-order valence-corrected chi connectivity index (χ4v) is 3.19. The molecule has 2 rings (SSSR count). The van der Waals surface area contributed by atoms with E-state index in [0.717, 1.165) is 53.2 Å². The van der Waals surface area contributed by atoms with E-state index in [9.17, 15) is 4.79 Å². The van der Waals surface area contributed by atoms with Crippen LogP contribution < -0.4 is 10.6 Å². The van der Waals surface area contributed by atoms with Crippen molar-refractivity contribution in [2.45, 2.75) is 66.5 Å². The minimum Gasteiger partial charge on any atom is -0.361 e. The van der Waals surface area contributed by atoms with E-state index in [-0.39, 0.29) is 12.1 Å². The van der Waals surface area contributed by atoms with Crippen LogP contribution in [0.15, 0.2) is 4.52 Å². The molecule has 7 nitrogen and oxygen atoms in total. The minimum absolute atomic E-state index is 0.0625. The summed E-state index contributed by atoms with van der Waals surface area (Å²) in [6, 6.07) is -0.257. The maximum atomic E-state index is 12.4. The van der Waals surface area contributed by atoms with E-state index < -0.39 is 0 Å². The summed E-state index contributed by atoms with van der Waals surface area (Å²) in [5, 5.41) is 14.5. The Labute approximate surface area is 149 Å². The highest BCUT2D eigenvalue weighted by Gasteiger charge is 2.21. The van der Waals surface area contributed by atoms with Gasteiger partial charge in [-0.3, -0.25) is 4.68 Å². The number of nitrogens with zero attached hydrogens (tertiary/aromatic N) is 3. The lowest BCUT2D eigenvalue weighted by Crippen LogP contribution is -2.38. The van der Waals surface area contributed by atoms with Crippen LogP contribution >= 0.6 is 0 Å². The number of carbonyl (C=O) groups is 1. The minimum atomic E-state index is -0.195. The molecule has 2 amide bonds. The number of aromatic nitrogens is 3. The molecule has 0 spiro atoms. The molecule has 0 fully saturated rings. The Bertz CT molecular complexity index is 711. The van der Waals surface area contributed by atoms with Crippen molar-refractivity contribution in [3.63, 3.8) is 0 Å². The third-order valence-corrected chi connectivity index (χ3v) is 4.66. The topological polar surface area (TPSA) is 85.0 Å². The molecular formula is C18H29N5O2. The molecule has 0 bridgehead atoms. The summed E-state index contributed by atoms with van der Waals surface area (Å²) in [4.78, 5) is 12.4. The molecule has 0 aliphatic rings. The van der Waals surface area contributed by atoms with Crippen LogP contribution in [0.1, 0.15) is 67.2 Å². The summed E-state index contributed by atoms with van der Waals surface area (Å²) < 4.78 is 7.19. The summed E-state index contributed by atoms with van der Waals surface area (Å²) in [6.45, 7) is 10.5. The SMILES string of the molecule is CCc1noc(CC)c1CNC(=O)NC(CC)c1c(C)nn(C)c1C. The molecule has 1 atom stereocenters. The van der Waals surface area contributed by atoms with Crippen LogP contribution in [0.2, 0.25) is 0 Å². The van der Waals surface area contributed by atoms with Gasteiger partial charge in [-0.25, -0.2) is 4.79 Å². The predicted octanol–water partition coefficient (Wildman–Crippen LogP) is 3.10. The van der Waals surface area contributed by atoms with E-state index >= 15 is 0 Å². The van der Waals surface area contributed by atoms with E-state index in [1.54, 1.807) is 0 Å². The summed E-state index contributed by atoms with van der Waals surface area (Å²) >= 11 is 0. The summed E-state index contributed by atoms with van der Waals surface area (Å²) in [5.41, 5.74) is 5.01. The van der Waals surface area contributed by atoms with Crippen molar-refractivity contribution in [1.29, 1.82) is 0 Å². The molecule has 2 N–H and O–H groups in total. The second-order valence-electron chi connectivity index (χ2n) is 6.23. The largest absolute Gasteiger partial charge is 0.361 e. The van der Waals surface area contributed by atoms with Crippen LogP contribution in [-0.2, 0) is 26.4 Å². The second-order valence-corrected chi connectivity index (χ2v) is 6.23. The molecule has 2 aromatic rings. The van der Waals surface area contributed by atoms with Gasteiger partial charge in [0.2, 0.25) is 0 Å². The fraction of sp³-hybridized carbons (Fsp3) is 0.611. The molecule has 0 aliphatic heterocycles. The number of aryl methyl sites for hydroxylation is 4. The molecule has 0 radical (unpaired) electrons. The molecule has 138 valence electrons. The number of amides is 2. The van der Waals surface area contributed by atoms with Crippen LogP contribution in [0.3, 0.4) is 0 Å². The summed E-state index contributed by atoms with van der Waals surface area (Å²) in [5.74, 6) is 0.836. The van der Waals surface area contributed by atoms with Gasteiger partial charge in [0.15, 0.2) is 0 Å². The summed E-state index contributed by atoms with van der Waals surface area (Å²) in [7, 11) is 1.92. The molecule has 2 aromatic heterocycles. The first-order valence-electron chi connectivity index (χ1n) is 8.93. The Morgan fingerprint density at radius 2 is 1.96 bits per heavy atom. The van der Waals surface area contributed by atoms with E-state index in [2.05, 4.69) is 27.8 Å². The molecule has 1 unspecified atom stereocenters. The number of hydrogen-bond donors (Lipinski definition) is 2. The highest BCUT2D eigenvalue weighted by Crippen LogP contribution is 2.23. The second kappa shape index (κ2) is 8.18. The Hall–Kier alpha value is -2.31. The number of hydrogen-bond acceptors (Lipinski definition) is 4. The van der Waals surface area contributed by atoms with Gasteiger partial charge in [-0.2, -0.15) is 5.10 Å². The number of urea groups is 1. The molecule has 0 saturated carbocycles. The van der Waals surface area contributed by atoms with E-state index in [4.69, 9.17) is 4.52 Å². The summed E-state index contributed by atoms with van der Waals surface area (Å²) in [6.07, 6.45) is 2.35. The zero-order valence-corrected chi connectivity index (χ0v) is 16.1. The fourth-order valence-electron chi connectivity index (χ4n) is 3.19. The molecule has 25 heavy (non-hydrogen) atoms. The lowest BCUT2D eigenvalue weighted by molar-refractivity contribution is 0.236. The quantitative estimate of drug-likeness (QED) is 0.806. The average Bonchev–Trinajstić information content (AvgIpc) is 3.11. The van der Waals surface area contributed by atoms with Crippen LogP contribution in [-0.4, -0.2) is 21.0 Å². The lowest BCUT2D eigenvalue weighted by atomic mass is 10.0. The average molecular weight is 347 g/mol. The number of carbonyl (C=O) groups excluding carboxylic acids is 1. The van der Waals surface area contributed by atoms with Gasteiger partial charge in [-0.05, 0) is 26.7 Å². The Morgan fingerprint density at radius 3 is 2.48 bits per heavy atom. The van der Waals surface area contributed by atoms with Crippen LogP contribution in [0.5, 0.6) is 0 Å². The molecule has 0 saturated heterocycles. The molecule has 0 aromatic carbocycles. The first-order valence-corrected chi connectivity index (χ1v) is 8.93.